The number of carbonyl (C=O) groups excluding carboxylic acids is 2. The summed E-state index contributed by atoms with van der Waals surface area (Å²) in [7, 11) is 1.54. The van der Waals surface area contributed by atoms with Gasteiger partial charge in [0.15, 0.2) is 0 Å². The number of aromatic nitrogens is 1. The molecule has 0 aliphatic heterocycles. The number of halogens is 2. The summed E-state index contributed by atoms with van der Waals surface area (Å²) in [5.74, 6) is -0.917. The predicted molar refractivity (Wildman–Crippen MR) is 115 cm³/mol. The number of hydrogen-bond acceptors (Lipinski definition) is 4. The standard InChI is InChI=1S/C22H26ClFN4O3/c1-14(19-16(23)7-6-8-17(19)24)27(5)20(29)18-10-9-15(13-25)28(18)12-11-26-21(30)31-22(2,3)4/h6-10,14H,11-12H2,1-5H3,(H,26,30)/t14-/m0/s1. The number of amides is 2. The fraction of sp³-hybridized carbons (Fsp3) is 0.409. The zero-order chi connectivity index (χ0) is 23.3. The first-order chi connectivity index (χ1) is 14.5. The number of nitrogens with one attached hydrogen (secondary N) is 1. The second-order valence-corrected chi connectivity index (χ2v) is 8.43. The third-order valence-corrected chi connectivity index (χ3v) is 4.97. The Kier molecular flexibility index (Phi) is 7.69. The molecular weight excluding hydrogens is 423 g/mol. The first-order valence-corrected chi connectivity index (χ1v) is 10.1. The number of benzene rings is 1. The Morgan fingerprint density at radius 1 is 1.32 bits per heavy atom. The molecule has 0 unspecified atom stereocenters. The molecule has 7 nitrogen and oxygen atoms in total. The molecule has 1 heterocycles. The molecule has 9 heteroatoms. The van der Waals surface area contributed by atoms with E-state index >= 15 is 0 Å². The highest BCUT2D eigenvalue weighted by Crippen LogP contribution is 2.30. The van der Waals surface area contributed by atoms with E-state index in [9.17, 15) is 19.2 Å². The highest BCUT2D eigenvalue weighted by atomic mass is 35.5. The lowest BCUT2D eigenvalue weighted by Gasteiger charge is -2.27. The minimum Gasteiger partial charge on any atom is -0.444 e. The molecule has 1 aromatic carbocycles. The van der Waals surface area contributed by atoms with Crippen LogP contribution in [0.1, 0.15) is 55.5 Å². The number of ether oxygens (including phenoxy) is 1. The van der Waals surface area contributed by atoms with E-state index in [4.69, 9.17) is 16.3 Å². The predicted octanol–water partition coefficient (Wildman–Crippen LogP) is 4.51. The van der Waals surface area contributed by atoms with Gasteiger partial charge in [-0.3, -0.25) is 4.79 Å². The van der Waals surface area contributed by atoms with Gasteiger partial charge in [0.2, 0.25) is 0 Å². The van der Waals surface area contributed by atoms with Crippen LogP contribution >= 0.6 is 11.6 Å². The Labute approximate surface area is 186 Å². The van der Waals surface area contributed by atoms with Crippen molar-refractivity contribution in [1.29, 1.82) is 5.26 Å². The molecule has 0 bridgehead atoms. The highest BCUT2D eigenvalue weighted by molar-refractivity contribution is 6.31. The third kappa shape index (κ3) is 5.98. The minimum absolute atomic E-state index is 0.150. The van der Waals surface area contributed by atoms with Gasteiger partial charge in [0.05, 0.1) is 6.04 Å². The van der Waals surface area contributed by atoms with Gasteiger partial charge in [-0.2, -0.15) is 5.26 Å². The number of nitriles is 1. The Morgan fingerprint density at radius 2 is 2.00 bits per heavy atom. The molecule has 166 valence electrons. The van der Waals surface area contributed by atoms with Crippen molar-refractivity contribution in [3.05, 3.63) is 58.1 Å². The van der Waals surface area contributed by atoms with Gasteiger partial charge >= 0.3 is 6.09 Å². The van der Waals surface area contributed by atoms with Crippen LogP contribution in [0.5, 0.6) is 0 Å². The number of nitrogens with zero attached hydrogens (tertiary/aromatic N) is 3. The van der Waals surface area contributed by atoms with E-state index in [1.54, 1.807) is 33.8 Å². The van der Waals surface area contributed by atoms with Crippen molar-refractivity contribution in [2.45, 2.75) is 45.9 Å². The fourth-order valence-corrected chi connectivity index (χ4v) is 3.36. The SMILES string of the molecule is C[C@@H](c1c(F)cccc1Cl)N(C)C(=O)c1ccc(C#N)n1CCNC(=O)OC(C)(C)C. The Hall–Kier alpha value is -3.05. The summed E-state index contributed by atoms with van der Waals surface area (Å²) in [6.45, 7) is 7.26. The van der Waals surface area contributed by atoms with Crippen LogP contribution in [0.4, 0.5) is 9.18 Å². The van der Waals surface area contributed by atoms with Gasteiger partial charge in [0, 0.05) is 30.7 Å². The van der Waals surface area contributed by atoms with Crippen molar-refractivity contribution in [3.8, 4) is 6.07 Å². The molecule has 2 amide bonds. The summed E-state index contributed by atoms with van der Waals surface area (Å²) in [5.41, 5.74) is 0.0810. The number of carbonyl (C=O) groups is 2. The van der Waals surface area contributed by atoms with Crippen molar-refractivity contribution in [3.63, 3.8) is 0 Å². The molecule has 31 heavy (non-hydrogen) atoms. The van der Waals surface area contributed by atoms with Crippen molar-refractivity contribution >= 4 is 23.6 Å². The van der Waals surface area contributed by atoms with E-state index in [-0.39, 0.29) is 35.1 Å². The zero-order valence-corrected chi connectivity index (χ0v) is 19.0. The molecule has 0 spiro atoms. The minimum atomic E-state index is -0.644. The van der Waals surface area contributed by atoms with Crippen LogP contribution in [0.25, 0.3) is 0 Å². The van der Waals surface area contributed by atoms with Gasteiger partial charge in [-0.05, 0) is 52.0 Å². The van der Waals surface area contributed by atoms with Crippen molar-refractivity contribution in [1.82, 2.24) is 14.8 Å². The molecule has 0 saturated heterocycles. The van der Waals surface area contributed by atoms with E-state index < -0.39 is 29.5 Å². The van der Waals surface area contributed by atoms with E-state index in [1.807, 2.05) is 6.07 Å². The molecule has 2 rings (SSSR count). The highest BCUT2D eigenvalue weighted by Gasteiger charge is 2.26. The van der Waals surface area contributed by atoms with Crippen LogP contribution in [0, 0.1) is 17.1 Å². The van der Waals surface area contributed by atoms with Gasteiger partial charge in [-0.25, -0.2) is 9.18 Å². The first kappa shape index (κ1) is 24.2. The molecule has 1 aromatic heterocycles. The van der Waals surface area contributed by atoms with E-state index in [2.05, 4.69) is 5.32 Å². The molecule has 0 aliphatic carbocycles. The number of rotatable bonds is 6. The average molecular weight is 449 g/mol. The lowest BCUT2D eigenvalue weighted by atomic mass is 10.1. The molecule has 2 aromatic rings. The second-order valence-electron chi connectivity index (χ2n) is 8.02. The van der Waals surface area contributed by atoms with Gasteiger partial charge in [-0.15, -0.1) is 0 Å². The van der Waals surface area contributed by atoms with Crippen LogP contribution < -0.4 is 5.32 Å². The summed E-state index contributed by atoms with van der Waals surface area (Å²) >= 11 is 6.14. The molecule has 0 fully saturated rings. The average Bonchev–Trinajstić information content (AvgIpc) is 3.08. The molecule has 0 radical (unpaired) electrons. The van der Waals surface area contributed by atoms with Gasteiger partial charge in [-0.1, -0.05) is 17.7 Å². The smallest absolute Gasteiger partial charge is 0.407 e. The van der Waals surface area contributed by atoms with Crippen molar-refractivity contribution in [2.75, 3.05) is 13.6 Å². The van der Waals surface area contributed by atoms with Crippen LogP contribution in [-0.2, 0) is 11.3 Å². The maximum absolute atomic E-state index is 14.3. The Bertz CT molecular complexity index is 987. The van der Waals surface area contributed by atoms with Crippen molar-refractivity contribution < 1.29 is 18.7 Å². The summed E-state index contributed by atoms with van der Waals surface area (Å²) in [4.78, 5) is 26.3. The maximum Gasteiger partial charge on any atom is 0.407 e. The maximum atomic E-state index is 14.3. The fourth-order valence-electron chi connectivity index (χ4n) is 3.04. The summed E-state index contributed by atoms with van der Waals surface area (Å²) in [5, 5.41) is 12.2. The third-order valence-electron chi connectivity index (χ3n) is 4.64. The Balaban J connectivity index is 2.19. The molecule has 1 atom stereocenters. The summed E-state index contributed by atoms with van der Waals surface area (Å²) < 4.78 is 21.0. The summed E-state index contributed by atoms with van der Waals surface area (Å²) in [6.07, 6.45) is -0.592. The van der Waals surface area contributed by atoms with Crippen LogP contribution in [0.2, 0.25) is 5.02 Å². The van der Waals surface area contributed by atoms with E-state index in [0.29, 0.717) is 0 Å². The van der Waals surface area contributed by atoms with Crippen LogP contribution in [0.15, 0.2) is 30.3 Å². The first-order valence-electron chi connectivity index (χ1n) is 9.73. The number of alkyl carbamates (subject to hydrolysis) is 1. The van der Waals surface area contributed by atoms with Gasteiger partial charge in [0.1, 0.15) is 28.9 Å². The lowest BCUT2D eigenvalue weighted by Crippen LogP contribution is -2.35. The van der Waals surface area contributed by atoms with Gasteiger partial charge < -0.3 is 19.5 Å². The Morgan fingerprint density at radius 3 is 2.58 bits per heavy atom. The normalized spacial score (nSPS) is 12.1. The van der Waals surface area contributed by atoms with E-state index in [0.717, 1.165) is 0 Å². The monoisotopic (exact) mass is 448 g/mol. The zero-order valence-electron chi connectivity index (χ0n) is 18.2. The summed E-state index contributed by atoms with van der Waals surface area (Å²) in [6, 6.07) is 8.79. The lowest BCUT2D eigenvalue weighted by molar-refractivity contribution is 0.0526. The number of hydrogen-bond donors (Lipinski definition) is 1. The molecular formula is C22H26ClFN4O3. The second kappa shape index (κ2) is 9.84. The van der Waals surface area contributed by atoms with Crippen LogP contribution in [-0.4, -0.2) is 40.7 Å². The van der Waals surface area contributed by atoms with Crippen LogP contribution in [0.3, 0.4) is 0 Å². The molecule has 0 aliphatic rings. The topological polar surface area (TPSA) is 87.4 Å². The van der Waals surface area contributed by atoms with Gasteiger partial charge in [0.25, 0.3) is 5.91 Å². The molecule has 1 N–H and O–H groups in total. The molecule has 0 saturated carbocycles. The van der Waals surface area contributed by atoms with E-state index in [1.165, 1.54) is 40.8 Å². The quantitative estimate of drug-likeness (QED) is 0.704. The largest absolute Gasteiger partial charge is 0.444 e. The van der Waals surface area contributed by atoms with Crippen molar-refractivity contribution in [2.24, 2.45) is 0 Å².